The lowest BCUT2D eigenvalue weighted by atomic mass is 9.90. The van der Waals surface area contributed by atoms with Gasteiger partial charge in [0.2, 0.25) is 6.41 Å². The zero-order valence-electron chi connectivity index (χ0n) is 10.3. The molecule has 0 saturated heterocycles. The molecule has 0 heterocycles. The first kappa shape index (κ1) is 16.3. The highest BCUT2D eigenvalue weighted by molar-refractivity contribution is 6.30. The maximum absolute atomic E-state index is 13.2. The van der Waals surface area contributed by atoms with Crippen molar-refractivity contribution in [3.63, 3.8) is 0 Å². The second kappa shape index (κ2) is 6.60. The number of benzene rings is 1. The zero-order valence-corrected chi connectivity index (χ0v) is 11.0. The van der Waals surface area contributed by atoms with E-state index >= 15 is 0 Å². The lowest BCUT2D eigenvalue weighted by Crippen LogP contribution is -2.47. The Morgan fingerprint density at radius 2 is 1.90 bits per heavy atom. The maximum Gasteiger partial charge on any atom is 0.398 e. The topological polar surface area (TPSA) is 55.4 Å². The van der Waals surface area contributed by atoms with Gasteiger partial charge in [-0.05, 0) is 17.7 Å². The average molecular weight is 310 g/mol. The molecule has 0 unspecified atom stereocenters. The smallest absolute Gasteiger partial charge is 0.398 e. The molecule has 0 saturated carbocycles. The summed E-state index contributed by atoms with van der Waals surface area (Å²) >= 11 is 5.62. The summed E-state index contributed by atoms with van der Waals surface area (Å²) in [6.07, 6.45) is -4.72. The van der Waals surface area contributed by atoms with Crippen LogP contribution in [0.3, 0.4) is 0 Å². The zero-order chi connectivity index (χ0) is 15.3. The van der Waals surface area contributed by atoms with Gasteiger partial charge in [-0.3, -0.25) is 4.79 Å². The number of carbonyl (C=O) groups excluding carboxylic acids is 2. The van der Waals surface area contributed by atoms with E-state index in [1.54, 1.807) is 0 Å². The summed E-state index contributed by atoms with van der Waals surface area (Å²) in [6.45, 7) is 0. The van der Waals surface area contributed by atoms with Gasteiger partial charge in [-0.25, -0.2) is 4.79 Å². The molecule has 2 atom stereocenters. The molecule has 0 aliphatic heterocycles. The number of hydrogen-bond donors (Lipinski definition) is 1. The molecule has 20 heavy (non-hydrogen) atoms. The normalized spacial score (nSPS) is 14.2. The van der Waals surface area contributed by atoms with Gasteiger partial charge in [0, 0.05) is 5.02 Å². The van der Waals surface area contributed by atoms with Crippen molar-refractivity contribution in [2.45, 2.75) is 18.1 Å². The van der Waals surface area contributed by atoms with E-state index in [1.807, 2.05) is 5.32 Å². The van der Waals surface area contributed by atoms with Gasteiger partial charge in [0.25, 0.3) is 0 Å². The predicted molar refractivity (Wildman–Crippen MR) is 65.3 cm³/mol. The highest BCUT2D eigenvalue weighted by atomic mass is 35.5. The molecule has 0 aliphatic rings. The SMILES string of the molecule is COC(=O)[C@H](NC=O)[C@@H](c1ccc(Cl)cc1)C(F)(F)F. The van der Waals surface area contributed by atoms with Gasteiger partial charge in [-0.2, -0.15) is 13.2 Å². The molecule has 1 amide bonds. The van der Waals surface area contributed by atoms with E-state index in [1.165, 1.54) is 12.1 Å². The van der Waals surface area contributed by atoms with Crippen molar-refractivity contribution < 1.29 is 27.5 Å². The largest absolute Gasteiger partial charge is 0.467 e. The minimum atomic E-state index is -4.75. The Labute approximate surface area is 117 Å². The third-order valence-corrected chi connectivity index (χ3v) is 2.87. The highest BCUT2D eigenvalue weighted by Gasteiger charge is 2.49. The fraction of sp³-hybridized carbons (Fsp3) is 0.333. The van der Waals surface area contributed by atoms with Crippen LogP contribution in [0.1, 0.15) is 11.5 Å². The Bertz CT molecular complexity index is 476. The first-order valence-electron chi connectivity index (χ1n) is 5.41. The summed E-state index contributed by atoms with van der Waals surface area (Å²) < 4.78 is 43.8. The van der Waals surface area contributed by atoms with Crippen molar-refractivity contribution in [2.24, 2.45) is 0 Å². The van der Waals surface area contributed by atoms with Crippen molar-refractivity contribution in [3.05, 3.63) is 34.9 Å². The molecular formula is C12H11ClF3NO3. The van der Waals surface area contributed by atoms with Gasteiger partial charge in [0.15, 0.2) is 0 Å². The van der Waals surface area contributed by atoms with Crippen LogP contribution >= 0.6 is 11.6 Å². The number of alkyl halides is 3. The second-order valence-corrected chi connectivity index (χ2v) is 4.29. The third kappa shape index (κ3) is 3.86. The van der Waals surface area contributed by atoms with Crippen molar-refractivity contribution in [1.29, 1.82) is 0 Å². The van der Waals surface area contributed by atoms with E-state index in [0.717, 1.165) is 19.2 Å². The van der Waals surface area contributed by atoms with Crippen LogP contribution in [0.4, 0.5) is 13.2 Å². The molecule has 0 bridgehead atoms. The van der Waals surface area contributed by atoms with E-state index in [-0.39, 0.29) is 17.0 Å². The van der Waals surface area contributed by atoms with Crippen molar-refractivity contribution >= 4 is 24.0 Å². The molecule has 1 aromatic carbocycles. The molecule has 8 heteroatoms. The number of halogens is 4. The van der Waals surface area contributed by atoms with Crippen molar-refractivity contribution in [2.75, 3.05) is 7.11 Å². The molecule has 0 spiro atoms. The fourth-order valence-electron chi connectivity index (χ4n) is 1.74. The summed E-state index contributed by atoms with van der Waals surface area (Å²) in [5.41, 5.74) is -0.202. The number of esters is 1. The number of ether oxygens (including phenoxy) is 1. The van der Waals surface area contributed by atoms with Crippen LogP contribution in [0.25, 0.3) is 0 Å². The molecule has 1 aromatic rings. The molecule has 1 rings (SSSR count). The molecule has 1 N–H and O–H groups in total. The number of nitrogens with one attached hydrogen (secondary N) is 1. The lowest BCUT2D eigenvalue weighted by Gasteiger charge is -2.27. The van der Waals surface area contributed by atoms with Crippen molar-refractivity contribution in [1.82, 2.24) is 5.32 Å². The standard InChI is InChI=1S/C12H11ClF3NO3/c1-20-11(19)10(17-6-18)9(12(14,15)16)7-2-4-8(13)5-3-7/h2-6,9-10H,1H3,(H,17,18)/t9-,10-/m1/s1. The Balaban J connectivity index is 3.26. The number of methoxy groups -OCH3 is 1. The lowest BCUT2D eigenvalue weighted by molar-refractivity contribution is -0.171. The number of hydrogen-bond acceptors (Lipinski definition) is 3. The Kier molecular flexibility index (Phi) is 5.38. The fourth-order valence-corrected chi connectivity index (χ4v) is 1.87. The van der Waals surface area contributed by atoms with Crippen LogP contribution in [0.2, 0.25) is 5.02 Å². The third-order valence-electron chi connectivity index (χ3n) is 2.62. The first-order valence-corrected chi connectivity index (χ1v) is 5.78. The monoisotopic (exact) mass is 309 g/mol. The van der Waals surface area contributed by atoms with Gasteiger partial charge in [0.05, 0.1) is 7.11 Å². The summed E-state index contributed by atoms with van der Waals surface area (Å²) in [4.78, 5) is 21.9. The van der Waals surface area contributed by atoms with Crippen LogP contribution in [0.5, 0.6) is 0 Å². The molecule has 0 fully saturated rings. The van der Waals surface area contributed by atoms with E-state index < -0.39 is 24.1 Å². The molecule has 0 aliphatic carbocycles. The van der Waals surface area contributed by atoms with Crippen molar-refractivity contribution in [3.8, 4) is 0 Å². The van der Waals surface area contributed by atoms with E-state index in [4.69, 9.17) is 11.6 Å². The van der Waals surface area contributed by atoms with Gasteiger partial charge in [0.1, 0.15) is 12.0 Å². The van der Waals surface area contributed by atoms with Crippen LogP contribution in [-0.4, -0.2) is 31.7 Å². The van der Waals surface area contributed by atoms with E-state index in [9.17, 15) is 22.8 Å². The maximum atomic E-state index is 13.2. The van der Waals surface area contributed by atoms with Crippen LogP contribution in [-0.2, 0) is 14.3 Å². The van der Waals surface area contributed by atoms with Crippen LogP contribution in [0.15, 0.2) is 24.3 Å². The van der Waals surface area contributed by atoms with Crippen LogP contribution in [0, 0.1) is 0 Å². The predicted octanol–water partition coefficient (Wildman–Crippen LogP) is 2.27. The van der Waals surface area contributed by atoms with Gasteiger partial charge < -0.3 is 10.1 Å². The van der Waals surface area contributed by atoms with Crippen LogP contribution < -0.4 is 5.32 Å². The summed E-state index contributed by atoms with van der Waals surface area (Å²) in [6, 6.07) is 2.96. The van der Waals surface area contributed by atoms with Gasteiger partial charge in [-0.15, -0.1) is 0 Å². The molecule has 0 radical (unpaired) electrons. The number of amides is 1. The molecule has 4 nitrogen and oxygen atoms in total. The quantitative estimate of drug-likeness (QED) is 0.670. The minimum absolute atomic E-state index is 0.0241. The molecule has 0 aromatic heterocycles. The summed E-state index contributed by atoms with van der Waals surface area (Å²) in [5, 5.41) is 2.10. The second-order valence-electron chi connectivity index (χ2n) is 3.86. The first-order chi connectivity index (χ1) is 9.31. The Morgan fingerprint density at radius 3 is 2.30 bits per heavy atom. The average Bonchev–Trinajstić information content (AvgIpc) is 2.38. The molecule has 110 valence electrons. The van der Waals surface area contributed by atoms with E-state index in [0.29, 0.717) is 0 Å². The highest BCUT2D eigenvalue weighted by Crippen LogP contribution is 2.38. The number of carbonyl (C=O) groups is 2. The number of rotatable bonds is 5. The Hall–Kier alpha value is -1.76. The Morgan fingerprint density at radius 1 is 1.35 bits per heavy atom. The van der Waals surface area contributed by atoms with Gasteiger partial charge in [-0.1, -0.05) is 23.7 Å². The minimum Gasteiger partial charge on any atom is -0.467 e. The molecular weight excluding hydrogens is 299 g/mol. The summed E-state index contributed by atoms with van der Waals surface area (Å²) in [5.74, 6) is -3.41. The van der Waals surface area contributed by atoms with Gasteiger partial charge >= 0.3 is 12.1 Å². The summed E-state index contributed by atoms with van der Waals surface area (Å²) in [7, 11) is 0.942. The van der Waals surface area contributed by atoms with E-state index in [2.05, 4.69) is 4.74 Å².